The van der Waals surface area contributed by atoms with E-state index in [1.54, 1.807) is 39.0 Å². The van der Waals surface area contributed by atoms with Gasteiger partial charge in [0.2, 0.25) is 0 Å². The summed E-state index contributed by atoms with van der Waals surface area (Å²) in [5.74, 6) is -0.534. The monoisotopic (exact) mass is 508 g/mol. The van der Waals surface area contributed by atoms with Crippen molar-refractivity contribution in [1.29, 1.82) is 0 Å². The van der Waals surface area contributed by atoms with E-state index in [9.17, 15) is 9.59 Å². The lowest BCUT2D eigenvalue weighted by Gasteiger charge is -2.32. The van der Waals surface area contributed by atoms with Crippen LogP contribution >= 0.6 is 0 Å². The summed E-state index contributed by atoms with van der Waals surface area (Å²) in [6, 6.07) is 12.8. The predicted octanol–water partition coefficient (Wildman–Crippen LogP) is 5.29. The molecule has 1 aliphatic rings. The fourth-order valence-electron chi connectivity index (χ4n) is 3.65. The van der Waals surface area contributed by atoms with E-state index in [2.05, 4.69) is 17.2 Å². The van der Waals surface area contributed by atoms with Gasteiger partial charge in [0.1, 0.15) is 12.2 Å². The van der Waals surface area contributed by atoms with Gasteiger partial charge in [0, 0.05) is 17.9 Å². The zero-order valence-corrected chi connectivity index (χ0v) is 22.8. The van der Waals surface area contributed by atoms with E-state index in [-0.39, 0.29) is 12.2 Å². The number of esters is 1. The van der Waals surface area contributed by atoms with Crippen molar-refractivity contribution in [3.63, 3.8) is 0 Å². The maximum atomic E-state index is 12.6. The van der Waals surface area contributed by atoms with Gasteiger partial charge in [-0.1, -0.05) is 36.9 Å². The smallest absolute Gasteiger partial charge is 0.458 e. The Kier molecular flexibility index (Phi) is 8.40. The molecular weight excluding hydrogens is 471 g/mol. The summed E-state index contributed by atoms with van der Waals surface area (Å²) >= 11 is 0. The molecule has 0 radical (unpaired) electrons. The second kappa shape index (κ2) is 11.0. The minimum atomic E-state index is -0.664. The Morgan fingerprint density at radius 3 is 2.27 bits per heavy atom. The quantitative estimate of drug-likeness (QED) is 0.284. The number of hydrogen-bond acceptors (Lipinski definition) is 7. The third-order valence-corrected chi connectivity index (χ3v) is 6.19. The van der Waals surface area contributed by atoms with Crippen LogP contribution in [-0.4, -0.2) is 42.6 Å². The molecule has 8 nitrogen and oxygen atoms in total. The molecule has 0 aromatic heterocycles. The Hall–Kier alpha value is -3.30. The van der Waals surface area contributed by atoms with Gasteiger partial charge in [0.15, 0.2) is 0 Å². The fourth-order valence-corrected chi connectivity index (χ4v) is 3.65. The third-order valence-electron chi connectivity index (χ3n) is 6.19. The predicted molar refractivity (Wildman–Crippen MR) is 146 cm³/mol. The Balaban J connectivity index is 1.84. The van der Waals surface area contributed by atoms with Crippen molar-refractivity contribution in [1.82, 2.24) is 0 Å². The normalized spacial score (nSPS) is 16.1. The molecule has 1 fully saturated rings. The molecule has 1 heterocycles. The fraction of sp³-hybridized carbons (Fsp3) is 0.429. The molecule has 37 heavy (non-hydrogen) atoms. The van der Waals surface area contributed by atoms with Crippen molar-refractivity contribution in [3.05, 3.63) is 66.2 Å². The van der Waals surface area contributed by atoms with Crippen molar-refractivity contribution in [2.24, 2.45) is 0 Å². The van der Waals surface area contributed by atoms with E-state index in [1.165, 1.54) is 6.08 Å². The Morgan fingerprint density at radius 2 is 1.65 bits per heavy atom. The molecule has 0 aliphatic carbocycles. The Labute approximate surface area is 219 Å². The van der Waals surface area contributed by atoms with Crippen LogP contribution in [0.3, 0.4) is 0 Å². The highest BCUT2D eigenvalue weighted by atomic mass is 16.7. The number of nitrogens with one attached hydrogen (secondary N) is 2. The van der Waals surface area contributed by atoms with Crippen LogP contribution < -0.4 is 16.1 Å². The van der Waals surface area contributed by atoms with Crippen molar-refractivity contribution in [2.45, 2.75) is 71.8 Å². The number of ether oxygens (including phenoxy) is 2. The number of anilines is 2. The molecule has 1 saturated heterocycles. The van der Waals surface area contributed by atoms with Gasteiger partial charge < -0.3 is 24.1 Å². The summed E-state index contributed by atoms with van der Waals surface area (Å²) in [7, 11) is -0.507. The molecule has 1 amide bonds. The van der Waals surface area contributed by atoms with Crippen LogP contribution in [0.4, 0.5) is 16.2 Å². The standard InChI is InChI=1S/C28H37BN2O6/c1-9-14-34-24(32)20-15-21(17-22(16-20)31-25(33)35-26(2,3)4)30-18-19-12-10-11-13-23(19)29-36-27(5,6)28(7,8)37-29/h9-13,15-17,30H,1,14,18H2,2-8H3,(H,31,33). The molecule has 2 aromatic carbocycles. The van der Waals surface area contributed by atoms with E-state index in [1.807, 2.05) is 52.0 Å². The van der Waals surface area contributed by atoms with Crippen molar-refractivity contribution in [3.8, 4) is 0 Å². The van der Waals surface area contributed by atoms with E-state index >= 15 is 0 Å². The third kappa shape index (κ3) is 7.36. The molecule has 2 N–H and O–H groups in total. The van der Waals surface area contributed by atoms with Gasteiger partial charge in [-0.15, -0.1) is 0 Å². The van der Waals surface area contributed by atoms with Gasteiger partial charge in [-0.3, -0.25) is 5.32 Å². The average molecular weight is 508 g/mol. The molecule has 2 aromatic rings. The van der Waals surface area contributed by atoms with E-state index in [0.717, 1.165) is 11.0 Å². The maximum Gasteiger partial charge on any atom is 0.495 e. The molecule has 0 unspecified atom stereocenters. The molecular formula is C28H37BN2O6. The molecule has 9 heteroatoms. The molecule has 0 bridgehead atoms. The van der Waals surface area contributed by atoms with Crippen LogP contribution in [0.25, 0.3) is 0 Å². The van der Waals surface area contributed by atoms with Crippen LogP contribution in [0.1, 0.15) is 64.4 Å². The van der Waals surface area contributed by atoms with Crippen LogP contribution in [0, 0.1) is 0 Å². The molecule has 0 saturated carbocycles. The zero-order valence-electron chi connectivity index (χ0n) is 22.8. The Morgan fingerprint density at radius 1 is 1.03 bits per heavy atom. The summed E-state index contributed by atoms with van der Waals surface area (Å²) in [4.78, 5) is 24.9. The van der Waals surface area contributed by atoms with Crippen LogP contribution in [0.5, 0.6) is 0 Å². The van der Waals surface area contributed by atoms with E-state index < -0.39 is 36.0 Å². The van der Waals surface area contributed by atoms with Crippen molar-refractivity contribution >= 4 is 36.0 Å². The number of benzene rings is 2. The van der Waals surface area contributed by atoms with Crippen LogP contribution in [-0.2, 0) is 25.3 Å². The summed E-state index contributed by atoms with van der Waals surface area (Å²) in [6.45, 7) is 17.5. The number of hydrogen-bond donors (Lipinski definition) is 2. The number of carbonyl (C=O) groups is 2. The summed E-state index contributed by atoms with van der Waals surface area (Å²) in [5.41, 5.74) is 1.60. The van der Waals surface area contributed by atoms with Gasteiger partial charge >= 0.3 is 19.2 Å². The second-order valence-electron chi connectivity index (χ2n) is 11.0. The van der Waals surface area contributed by atoms with Crippen LogP contribution in [0.15, 0.2) is 55.1 Å². The highest BCUT2D eigenvalue weighted by molar-refractivity contribution is 6.62. The van der Waals surface area contributed by atoms with Crippen LogP contribution in [0.2, 0.25) is 0 Å². The van der Waals surface area contributed by atoms with Gasteiger partial charge in [0.05, 0.1) is 16.8 Å². The lowest BCUT2D eigenvalue weighted by atomic mass is 9.76. The topological polar surface area (TPSA) is 95.1 Å². The number of carbonyl (C=O) groups excluding carboxylic acids is 2. The van der Waals surface area contributed by atoms with E-state index in [0.29, 0.717) is 17.9 Å². The maximum absolute atomic E-state index is 12.6. The highest BCUT2D eigenvalue weighted by Crippen LogP contribution is 2.36. The first kappa shape index (κ1) is 28.3. The molecule has 0 atom stereocenters. The first-order valence-corrected chi connectivity index (χ1v) is 12.3. The summed E-state index contributed by atoms with van der Waals surface area (Å²) in [5, 5.41) is 6.04. The zero-order chi connectivity index (χ0) is 27.4. The average Bonchev–Trinajstić information content (AvgIpc) is 3.01. The second-order valence-corrected chi connectivity index (χ2v) is 11.0. The van der Waals surface area contributed by atoms with Gasteiger partial charge in [-0.05, 0) is 77.7 Å². The first-order chi connectivity index (χ1) is 17.2. The lowest BCUT2D eigenvalue weighted by molar-refractivity contribution is 0.00578. The molecule has 0 spiro atoms. The molecule has 198 valence electrons. The number of amides is 1. The van der Waals surface area contributed by atoms with Gasteiger partial charge in [0.25, 0.3) is 0 Å². The number of rotatable bonds is 8. The molecule has 1 aliphatic heterocycles. The van der Waals surface area contributed by atoms with Gasteiger partial charge in [-0.25, -0.2) is 9.59 Å². The van der Waals surface area contributed by atoms with Crippen molar-refractivity contribution in [2.75, 3.05) is 17.2 Å². The van der Waals surface area contributed by atoms with Crippen molar-refractivity contribution < 1.29 is 28.4 Å². The SMILES string of the molecule is C=CCOC(=O)c1cc(NCc2ccccc2B2OC(C)(C)C(C)(C)O2)cc(NC(=O)OC(C)(C)C)c1. The van der Waals surface area contributed by atoms with E-state index in [4.69, 9.17) is 18.8 Å². The minimum absolute atomic E-state index is 0.0762. The largest absolute Gasteiger partial charge is 0.495 e. The lowest BCUT2D eigenvalue weighted by Crippen LogP contribution is -2.41. The first-order valence-electron chi connectivity index (χ1n) is 12.3. The minimum Gasteiger partial charge on any atom is -0.458 e. The van der Waals surface area contributed by atoms with Gasteiger partial charge in [-0.2, -0.15) is 0 Å². The Bertz CT molecular complexity index is 1140. The summed E-state index contributed by atoms with van der Waals surface area (Å²) < 4.78 is 23.1. The molecule has 3 rings (SSSR count). The summed E-state index contributed by atoms with van der Waals surface area (Å²) in [6.07, 6.45) is 0.869. The highest BCUT2D eigenvalue weighted by Gasteiger charge is 2.52.